The SMILES string of the molecule is O=C(NCC(F)(F)C(=O)N1C[C@@H](O)C[C@H]1C(=O)O)OCC1c2ccccc2-c2ccccc21. The molecule has 0 radical (unpaired) electrons. The van der Waals surface area contributed by atoms with Crippen molar-refractivity contribution in [3.63, 3.8) is 0 Å². The fraction of sp³-hybridized carbons (Fsp3) is 0.348. The van der Waals surface area contributed by atoms with Gasteiger partial charge in [0.2, 0.25) is 0 Å². The molecule has 174 valence electrons. The van der Waals surface area contributed by atoms with Gasteiger partial charge in [-0.15, -0.1) is 0 Å². The Kier molecular flexibility index (Phi) is 6.03. The number of fused-ring (bicyclic) bond motifs is 3. The number of alkyl carbamates (subject to hydrolysis) is 1. The van der Waals surface area contributed by atoms with Crippen LogP contribution in [0.25, 0.3) is 11.1 Å². The molecule has 1 aliphatic carbocycles. The first-order valence-corrected chi connectivity index (χ1v) is 10.4. The van der Waals surface area contributed by atoms with Gasteiger partial charge < -0.3 is 25.2 Å². The Morgan fingerprint density at radius 2 is 1.64 bits per heavy atom. The number of carboxylic acids is 1. The van der Waals surface area contributed by atoms with Crippen molar-refractivity contribution in [3.8, 4) is 11.1 Å². The summed E-state index contributed by atoms with van der Waals surface area (Å²) in [6, 6.07) is 13.7. The number of β-amino-alcohol motifs (C(OH)–C–C–N with tert-alkyl or cyclic N) is 1. The number of rotatable bonds is 6. The maximum atomic E-state index is 14.4. The molecule has 0 bridgehead atoms. The van der Waals surface area contributed by atoms with E-state index in [0.717, 1.165) is 22.3 Å². The van der Waals surface area contributed by atoms with Gasteiger partial charge in [-0.3, -0.25) is 4.79 Å². The molecule has 1 aliphatic heterocycles. The first-order chi connectivity index (χ1) is 15.7. The number of hydrogen-bond donors (Lipinski definition) is 3. The maximum Gasteiger partial charge on any atom is 0.407 e. The number of benzene rings is 2. The van der Waals surface area contributed by atoms with Crippen molar-refractivity contribution in [3.05, 3.63) is 59.7 Å². The van der Waals surface area contributed by atoms with Gasteiger partial charge in [-0.2, -0.15) is 8.78 Å². The van der Waals surface area contributed by atoms with E-state index in [2.05, 4.69) is 0 Å². The van der Waals surface area contributed by atoms with Crippen LogP contribution in [0.1, 0.15) is 23.5 Å². The van der Waals surface area contributed by atoms with Gasteiger partial charge in [-0.05, 0) is 22.3 Å². The van der Waals surface area contributed by atoms with Crippen molar-refractivity contribution < 1.29 is 38.1 Å². The zero-order valence-corrected chi connectivity index (χ0v) is 17.4. The van der Waals surface area contributed by atoms with Crippen molar-refractivity contribution >= 4 is 18.0 Å². The van der Waals surface area contributed by atoms with Crippen LogP contribution < -0.4 is 5.32 Å². The number of alkyl halides is 2. The maximum absolute atomic E-state index is 14.4. The quantitative estimate of drug-likeness (QED) is 0.609. The fourth-order valence-corrected chi connectivity index (χ4v) is 4.39. The summed E-state index contributed by atoms with van der Waals surface area (Å²) in [6.45, 7) is -1.96. The predicted molar refractivity (Wildman–Crippen MR) is 112 cm³/mol. The molecule has 2 amide bonds. The molecule has 1 fully saturated rings. The van der Waals surface area contributed by atoms with Crippen LogP contribution in [0.4, 0.5) is 13.6 Å². The second-order valence-corrected chi connectivity index (χ2v) is 8.08. The summed E-state index contributed by atoms with van der Waals surface area (Å²) in [4.78, 5) is 35.9. The fourth-order valence-electron chi connectivity index (χ4n) is 4.39. The van der Waals surface area contributed by atoms with Gasteiger partial charge in [0.15, 0.2) is 0 Å². The van der Waals surface area contributed by atoms with Crippen molar-refractivity contribution in [1.29, 1.82) is 0 Å². The van der Waals surface area contributed by atoms with Crippen LogP contribution in [0, 0.1) is 0 Å². The van der Waals surface area contributed by atoms with E-state index in [4.69, 9.17) is 9.84 Å². The van der Waals surface area contributed by atoms with Gasteiger partial charge in [-0.1, -0.05) is 48.5 Å². The molecule has 0 saturated carbocycles. The largest absolute Gasteiger partial charge is 0.480 e. The molecule has 2 aliphatic rings. The summed E-state index contributed by atoms with van der Waals surface area (Å²) >= 11 is 0. The van der Waals surface area contributed by atoms with Crippen LogP contribution in [0.15, 0.2) is 48.5 Å². The van der Waals surface area contributed by atoms with Crippen LogP contribution >= 0.6 is 0 Å². The first-order valence-electron chi connectivity index (χ1n) is 10.4. The Bertz CT molecular complexity index is 1050. The molecule has 2 aromatic carbocycles. The van der Waals surface area contributed by atoms with Crippen molar-refractivity contribution in [2.75, 3.05) is 19.7 Å². The van der Waals surface area contributed by atoms with Crippen LogP contribution in [0.3, 0.4) is 0 Å². The number of likely N-dealkylation sites (tertiary alicyclic amines) is 1. The molecule has 2 atom stereocenters. The average Bonchev–Trinajstić information content (AvgIpc) is 3.34. The van der Waals surface area contributed by atoms with E-state index in [9.17, 15) is 28.3 Å². The number of nitrogens with one attached hydrogen (secondary N) is 1. The lowest BCUT2D eigenvalue weighted by Crippen LogP contribution is -2.53. The minimum absolute atomic E-state index is 0.0845. The van der Waals surface area contributed by atoms with Crippen LogP contribution in [-0.4, -0.2) is 70.8 Å². The summed E-state index contributed by atoms with van der Waals surface area (Å²) in [7, 11) is 0. The average molecular weight is 460 g/mol. The number of aliphatic hydroxyl groups is 1. The highest BCUT2D eigenvalue weighted by atomic mass is 19.3. The molecule has 0 spiro atoms. The highest BCUT2D eigenvalue weighted by Crippen LogP contribution is 2.44. The number of carboxylic acid groups (broad SMARTS) is 1. The van der Waals surface area contributed by atoms with Gasteiger partial charge in [0.1, 0.15) is 12.6 Å². The number of amides is 2. The first kappa shape index (κ1) is 22.7. The lowest BCUT2D eigenvalue weighted by atomic mass is 9.98. The van der Waals surface area contributed by atoms with Crippen molar-refractivity contribution in [1.82, 2.24) is 10.2 Å². The molecule has 1 saturated heterocycles. The zero-order chi connectivity index (χ0) is 23.8. The number of aliphatic carboxylic acids is 1. The van der Waals surface area contributed by atoms with Gasteiger partial charge in [0.25, 0.3) is 5.91 Å². The third-order valence-corrected chi connectivity index (χ3v) is 5.94. The number of hydrogen-bond acceptors (Lipinski definition) is 5. The molecular formula is C23H22F2N2O6. The molecule has 4 rings (SSSR count). The molecule has 0 aromatic heterocycles. The summed E-state index contributed by atoms with van der Waals surface area (Å²) in [5.74, 6) is -7.58. The lowest BCUT2D eigenvalue weighted by Gasteiger charge is -2.26. The number of halogens is 2. The van der Waals surface area contributed by atoms with Gasteiger partial charge >= 0.3 is 18.0 Å². The van der Waals surface area contributed by atoms with Crippen LogP contribution in [-0.2, 0) is 14.3 Å². The monoisotopic (exact) mass is 460 g/mol. The second-order valence-electron chi connectivity index (χ2n) is 8.08. The topological polar surface area (TPSA) is 116 Å². The number of carbonyl (C=O) groups is 3. The van der Waals surface area contributed by atoms with Gasteiger partial charge in [0.05, 0.1) is 12.6 Å². The Morgan fingerprint density at radius 3 is 2.21 bits per heavy atom. The van der Waals surface area contributed by atoms with E-state index >= 15 is 0 Å². The minimum Gasteiger partial charge on any atom is -0.480 e. The third-order valence-electron chi connectivity index (χ3n) is 5.94. The zero-order valence-electron chi connectivity index (χ0n) is 17.4. The Morgan fingerprint density at radius 1 is 1.06 bits per heavy atom. The molecule has 8 nitrogen and oxygen atoms in total. The third kappa shape index (κ3) is 4.38. The van der Waals surface area contributed by atoms with E-state index in [1.165, 1.54) is 0 Å². The molecular weight excluding hydrogens is 438 g/mol. The van der Waals surface area contributed by atoms with Gasteiger partial charge in [-0.25, -0.2) is 9.59 Å². The highest BCUT2D eigenvalue weighted by Gasteiger charge is 2.49. The molecule has 10 heteroatoms. The number of carbonyl (C=O) groups excluding carboxylic acids is 2. The number of nitrogens with zero attached hydrogens (tertiary/aromatic N) is 1. The van der Waals surface area contributed by atoms with Gasteiger partial charge in [0, 0.05) is 18.9 Å². The standard InChI is InChI=1S/C23H22F2N2O6/c24-23(25,21(31)27-10-13(28)9-19(27)20(29)30)12-26-22(32)33-11-18-16-7-3-1-5-14(16)15-6-2-4-8-17(15)18/h1-8,13,18-19,28H,9-12H2,(H,26,32)(H,29,30)/t13-,19-/m0/s1. The molecule has 2 aromatic rings. The highest BCUT2D eigenvalue weighted by molar-refractivity contribution is 5.89. The van der Waals surface area contributed by atoms with Crippen molar-refractivity contribution in [2.45, 2.75) is 30.4 Å². The summed E-state index contributed by atoms with van der Waals surface area (Å²) in [5, 5.41) is 20.6. The Labute approximate surface area is 187 Å². The smallest absolute Gasteiger partial charge is 0.407 e. The number of ether oxygens (including phenoxy) is 1. The van der Waals surface area contributed by atoms with E-state index in [1.807, 2.05) is 53.8 Å². The van der Waals surface area contributed by atoms with Crippen LogP contribution in [0.2, 0.25) is 0 Å². The van der Waals surface area contributed by atoms with E-state index in [1.54, 1.807) is 0 Å². The second kappa shape index (κ2) is 8.78. The minimum atomic E-state index is -4.07. The Balaban J connectivity index is 1.36. The molecule has 33 heavy (non-hydrogen) atoms. The summed E-state index contributed by atoms with van der Waals surface area (Å²) in [6.07, 6.45) is -2.67. The molecule has 3 N–H and O–H groups in total. The lowest BCUT2D eigenvalue weighted by molar-refractivity contribution is -0.162. The normalized spacial score (nSPS) is 19.7. The summed E-state index contributed by atoms with van der Waals surface area (Å²) < 4.78 is 34.0. The van der Waals surface area contributed by atoms with E-state index < -0.39 is 49.1 Å². The number of aliphatic hydroxyl groups excluding tert-OH is 1. The van der Waals surface area contributed by atoms with Crippen LogP contribution in [0.5, 0.6) is 0 Å². The van der Waals surface area contributed by atoms with E-state index in [-0.39, 0.29) is 18.9 Å². The Hall–Kier alpha value is -3.53. The molecule has 1 heterocycles. The van der Waals surface area contributed by atoms with Crippen molar-refractivity contribution in [2.24, 2.45) is 0 Å². The molecule has 0 unspecified atom stereocenters. The predicted octanol–water partition coefficient (Wildman–Crippen LogP) is 2.21. The van der Waals surface area contributed by atoms with E-state index in [0.29, 0.717) is 4.90 Å². The summed E-state index contributed by atoms with van der Waals surface area (Å²) in [5.41, 5.74) is 3.94.